The van der Waals surface area contributed by atoms with Gasteiger partial charge in [-0.1, -0.05) is 67.6 Å². The molecular formula is C38H53N5O7. The van der Waals surface area contributed by atoms with E-state index in [1.165, 1.54) is 13.8 Å². The normalized spacial score (nSPS) is 12.9. The van der Waals surface area contributed by atoms with Crippen molar-refractivity contribution in [3.63, 3.8) is 0 Å². The van der Waals surface area contributed by atoms with Crippen LogP contribution in [0.4, 0.5) is 10.6 Å². The molecule has 50 heavy (non-hydrogen) atoms. The molecule has 0 radical (unpaired) electrons. The van der Waals surface area contributed by atoms with Crippen molar-refractivity contribution in [2.45, 2.75) is 104 Å². The number of carbonyl (C=O) groups excluding carboxylic acids is 4. The lowest BCUT2D eigenvalue weighted by Gasteiger charge is -2.29. The summed E-state index contributed by atoms with van der Waals surface area (Å²) in [5.41, 5.74) is -0.293. The van der Waals surface area contributed by atoms with Gasteiger partial charge in [0.1, 0.15) is 29.6 Å². The molecule has 0 saturated heterocycles. The van der Waals surface area contributed by atoms with Crippen molar-refractivity contribution in [3.05, 3.63) is 83.8 Å². The van der Waals surface area contributed by atoms with Crippen molar-refractivity contribution in [1.82, 2.24) is 20.2 Å². The molecule has 3 rings (SSSR count). The second kappa shape index (κ2) is 19.0. The Morgan fingerprint density at radius 3 is 2.18 bits per heavy atom. The zero-order valence-electron chi connectivity index (χ0n) is 30.4. The fourth-order valence-electron chi connectivity index (χ4n) is 5.18. The number of rotatable bonds is 19. The molecule has 1 aromatic heterocycles. The number of imidazole rings is 1. The standard InChI is InChI=1S/C38H53N5O7/c1-8-33-40-32(23-43(33)22-16-21-29(31(44)26-48-9-2)28-19-14-11-15-20-28)41-34(45)30(25-49-24-27-17-12-10-13-18-27)39-35(46)38(6,7)42-36(47)50-37(3,4)5/h10-15,17-20,23,29-30H,8-9,16,21-22,24-26H2,1-7H3,(H,39,46)(H,41,45)(H,42,47)/t29?,30-/m1/s1. The maximum absolute atomic E-state index is 13.6. The van der Waals surface area contributed by atoms with Gasteiger partial charge in [0, 0.05) is 31.7 Å². The highest BCUT2D eigenvalue weighted by atomic mass is 16.6. The molecule has 3 amide bonds. The van der Waals surface area contributed by atoms with Crippen molar-refractivity contribution < 1.29 is 33.4 Å². The van der Waals surface area contributed by atoms with E-state index in [1.807, 2.05) is 79.1 Å². The summed E-state index contributed by atoms with van der Waals surface area (Å²) < 4.78 is 18.6. The number of anilines is 1. The van der Waals surface area contributed by atoms with Gasteiger partial charge >= 0.3 is 6.09 Å². The number of Topliss-reactive ketones (excluding diaryl/α,β-unsaturated/α-hetero) is 1. The van der Waals surface area contributed by atoms with E-state index in [0.29, 0.717) is 38.2 Å². The number of nitrogens with one attached hydrogen (secondary N) is 3. The first-order chi connectivity index (χ1) is 23.7. The quantitative estimate of drug-likeness (QED) is 0.148. The minimum Gasteiger partial charge on any atom is -0.444 e. The third-order valence-corrected chi connectivity index (χ3v) is 7.76. The van der Waals surface area contributed by atoms with E-state index in [4.69, 9.17) is 14.2 Å². The second-order valence-corrected chi connectivity index (χ2v) is 13.6. The summed E-state index contributed by atoms with van der Waals surface area (Å²) in [4.78, 5) is 57.1. The molecule has 0 bridgehead atoms. The molecule has 0 aliphatic rings. The minimum atomic E-state index is -1.40. The molecule has 3 aromatic rings. The summed E-state index contributed by atoms with van der Waals surface area (Å²) >= 11 is 0. The Kier molecular flexibility index (Phi) is 15.2. The highest BCUT2D eigenvalue weighted by Gasteiger charge is 2.35. The van der Waals surface area contributed by atoms with Crippen molar-refractivity contribution in [2.75, 3.05) is 25.1 Å². The van der Waals surface area contributed by atoms with Crippen molar-refractivity contribution in [2.24, 2.45) is 0 Å². The van der Waals surface area contributed by atoms with Crippen molar-refractivity contribution >= 4 is 29.5 Å². The predicted octanol–water partition coefficient (Wildman–Crippen LogP) is 5.56. The zero-order valence-corrected chi connectivity index (χ0v) is 30.4. The average molecular weight is 692 g/mol. The summed E-state index contributed by atoms with van der Waals surface area (Å²) in [6.45, 7) is 13.3. The number of hydrogen-bond acceptors (Lipinski definition) is 8. The zero-order chi connectivity index (χ0) is 36.7. The van der Waals surface area contributed by atoms with Gasteiger partial charge in [-0.05, 0) is 65.5 Å². The lowest BCUT2D eigenvalue weighted by atomic mass is 9.90. The number of ether oxygens (including phenoxy) is 3. The molecule has 2 atom stereocenters. The van der Waals surface area contributed by atoms with Crippen LogP contribution in [-0.2, 0) is 48.2 Å². The monoisotopic (exact) mass is 691 g/mol. The van der Waals surface area contributed by atoms with Crippen LogP contribution in [0.2, 0.25) is 0 Å². The van der Waals surface area contributed by atoms with E-state index in [-0.39, 0.29) is 31.5 Å². The topological polar surface area (TPSA) is 150 Å². The molecule has 0 aliphatic carbocycles. The lowest BCUT2D eigenvalue weighted by Crippen LogP contribution is -2.59. The predicted molar refractivity (Wildman–Crippen MR) is 192 cm³/mol. The van der Waals surface area contributed by atoms with E-state index in [9.17, 15) is 19.2 Å². The van der Waals surface area contributed by atoms with Gasteiger partial charge < -0.3 is 34.7 Å². The van der Waals surface area contributed by atoms with Crippen LogP contribution in [0.1, 0.15) is 84.2 Å². The highest BCUT2D eigenvalue weighted by molar-refractivity contribution is 5.98. The van der Waals surface area contributed by atoms with E-state index in [1.54, 1.807) is 27.0 Å². The number of carbonyl (C=O) groups is 4. The van der Waals surface area contributed by atoms with Crippen LogP contribution in [-0.4, -0.2) is 70.2 Å². The first-order valence-electron chi connectivity index (χ1n) is 17.2. The van der Waals surface area contributed by atoms with Crippen molar-refractivity contribution in [3.8, 4) is 0 Å². The number of ketones is 1. The molecule has 12 nitrogen and oxygen atoms in total. The number of alkyl carbamates (subject to hydrolysis) is 1. The Morgan fingerprint density at radius 2 is 1.56 bits per heavy atom. The SMILES string of the molecule is CCOCC(=O)C(CCCn1cc(NC(=O)[C@@H](COCc2ccccc2)NC(=O)C(C)(C)NC(=O)OC(C)(C)C)nc1CC)c1ccccc1. The molecule has 3 N–H and O–H groups in total. The molecule has 1 heterocycles. The van der Waals surface area contributed by atoms with Crippen LogP contribution in [0.15, 0.2) is 66.9 Å². The number of aromatic nitrogens is 2. The highest BCUT2D eigenvalue weighted by Crippen LogP contribution is 2.24. The van der Waals surface area contributed by atoms with Gasteiger partial charge in [-0.15, -0.1) is 0 Å². The van der Waals surface area contributed by atoms with Crippen LogP contribution < -0.4 is 16.0 Å². The Labute approximate surface area is 295 Å². The molecule has 2 aromatic carbocycles. The summed E-state index contributed by atoms with van der Waals surface area (Å²) in [5.74, 6) is -0.284. The summed E-state index contributed by atoms with van der Waals surface area (Å²) in [6.07, 6.45) is 2.93. The maximum atomic E-state index is 13.6. The van der Waals surface area contributed by atoms with E-state index in [0.717, 1.165) is 17.0 Å². The number of benzene rings is 2. The van der Waals surface area contributed by atoms with Crippen LogP contribution in [0.25, 0.3) is 0 Å². The number of aryl methyl sites for hydroxylation is 2. The maximum Gasteiger partial charge on any atom is 0.408 e. The van der Waals surface area contributed by atoms with Crippen LogP contribution in [0.5, 0.6) is 0 Å². The molecule has 0 fully saturated rings. The first kappa shape index (κ1) is 39.9. The van der Waals surface area contributed by atoms with Gasteiger partial charge in [0.05, 0.1) is 13.2 Å². The minimum absolute atomic E-state index is 0.0411. The molecule has 272 valence electrons. The second-order valence-electron chi connectivity index (χ2n) is 13.6. The van der Waals surface area contributed by atoms with Gasteiger partial charge in [0.15, 0.2) is 11.6 Å². The molecule has 0 saturated carbocycles. The van der Waals surface area contributed by atoms with Gasteiger partial charge in [0.25, 0.3) is 5.91 Å². The fraction of sp³-hybridized carbons (Fsp3) is 0.500. The largest absolute Gasteiger partial charge is 0.444 e. The van der Waals surface area contributed by atoms with Crippen LogP contribution >= 0.6 is 0 Å². The number of nitrogens with zero attached hydrogens (tertiary/aromatic N) is 2. The lowest BCUT2D eigenvalue weighted by molar-refractivity contribution is -0.131. The molecule has 0 aliphatic heterocycles. The smallest absolute Gasteiger partial charge is 0.408 e. The van der Waals surface area contributed by atoms with E-state index < -0.39 is 35.1 Å². The van der Waals surface area contributed by atoms with Crippen LogP contribution in [0.3, 0.4) is 0 Å². The fourth-order valence-corrected chi connectivity index (χ4v) is 5.18. The summed E-state index contributed by atoms with van der Waals surface area (Å²) in [7, 11) is 0. The van der Waals surface area contributed by atoms with Crippen LogP contribution in [0, 0.1) is 0 Å². The van der Waals surface area contributed by atoms with Gasteiger partial charge in [0.2, 0.25) is 5.91 Å². The first-order valence-corrected chi connectivity index (χ1v) is 17.2. The molecule has 0 spiro atoms. The Morgan fingerprint density at radius 1 is 0.900 bits per heavy atom. The summed E-state index contributed by atoms with van der Waals surface area (Å²) in [6, 6.07) is 18.1. The van der Waals surface area contributed by atoms with Gasteiger partial charge in [-0.25, -0.2) is 9.78 Å². The van der Waals surface area contributed by atoms with Gasteiger partial charge in [-0.2, -0.15) is 0 Å². The van der Waals surface area contributed by atoms with E-state index >= 15 is 0 Å². The molecule has 12 heteroatoms. The number of hydrogen-bond donors (Lipinski definition) is 3. The summed E-state index contributed by atoms with van der Waals surface area (Å²) in [5, 5.41) is 8.14. The molecule has 1 unspecified atom stereocenters. The number of amides is 3. The van der Waals surface area contributed by atoms with E-state index in [2.05, 4.69) is 20.9 Å². The average Bonchev–Trinajstić information content (AvgIpc) is 3.45. The van der Waals surface area contributed by atoms with Crippen molar-refractivity contribution in [1.29, 1.82) is 0 Å². The molecular weight excluding hydrogens is 638 g/mol. The third kappa shape index (κ3) is 13.1. The Balaban J connectivity index is 1.71. The third-order valence-electron chi connectivity index (χ3n) is 7.76. The van der Waals surface area contributed by atoms with Gasteiger partial charge in [-0.3, -0.25) is 14.4 Å². The Bertz CT molecular complexity index is 1530. The Hall–Kier alpha value is -4.55.